The van der Waals surface area contributed by atoms with E-state index in [1.165, 1.54) is 44.1 Å². The molecule has 0 saturated carbocycles. The zero-order valence-corrected chi connectivity index (χ0v) is 17.6. The van der Waals surface area contributed by atoms with Gasteiger partial charge in [0.2, 0.25) is 16.8 Å². The van der Waals surface area contributed by atoms with E-state index in [4.69, 9.17) is 4.42 Å². The molecule has 0 aliphatic carbocycles. The molecule has 0 radical (unpaired) electrons. The van der Waals surface area contributed by atoms with Gasteiger partial charge in [-0.15, -0.1) is 4.85 Å². The van der Waals surface area contributed by atoms with Crippen LogP contribution in [0.1, 0.15) is 67.1 Å². The molecule has 2 aromatic carbocycles. The van der Waals surface area contributed by atoms with E-state index in [1.54, 1.807) is 24.3 Å². The van der Waals surface area contributed by atoms with Crippen molar-refractivity contribution in [3.63, 3.8) is 0 Å². The number of nitrogens with zero attached hydrogens (tertiary/aromatic N) is 3. The topological polar surface area (TPSA) is 75.0 Å². The number of carbonyl (C=O) groups is 1. The molecule has 0 atom stereocenters. The second kappa shape index (κ2) is 8.69. The van der Waals surface area contributed by atoms with Gasteiger partial charge in [-0.05, 0) is 49.6 Å². The number of aromatic nitrogens is 3. The van der Waals surface area contributed by atoms with Crippen molar-refractivity contribution in [3.05, 3.63) is 64.6 Å². The lowest BCUT2D eigenvalue weighted by molar-refractivity contribution is -0.645. The van der Waals surface area contributed by atoms with Crippen molar-refractivity contribution in [3.8, 4) is 0 Å². The van der Waals surface area contributed by atoms with E-state index in [9.17, 15) is 10.0 Å². The largest absolute Gasteiger partial charge is 0.691 e. The molecule has 0 bridgehead atoms. The Morgan fingerprint density at radius 2 is 1.87 bits per heavy atom. The summed E-state index contributed by atoms with van der Waals surface area (Å²) in [5, 5.41) is 16.8. The summed E-state index contributed by atoms with van der Waals surface area (Å²) in [5.41, 5.74) is 3.51. The molecule has 0 saturated heterocycles. The number of fused-ring (bicyclic) bond motifs is 2. The Bertz CT molecular complexity index is 1190. The Balaban J connectivity index is 1.56. The summed E-state index contributed by atoms with van der Waals surface area (Å²) in [5.74, 6) is -0.220. The Morgan fingerprint density at radius 3 is 2.70 bits per heavy atom. The molecule has 4 rings (SSSR count). The highest BCUT2D eigenvalue weighted by Gasteiger charge is 2.28. The standard InChI is InChI=1S/C24H27N3O3/c1-3-4-5-6-7-8-11-18-14-15-22-19(16-18)17(2)23(30-22)24(28)26-20-12-9-10-13-21(20)27(29)25-26/h9-10,12-16H,3-8,11H2,1-2H3. The van der Waals surface area contributed by atoms with E-state index < -0.39 is 5.91 Å². The number of benzene rings is 2. The van der Waals surface area contributed by atoms with Crippen LogP contribution in [-0.4, -0.2) is 15.8 Å². The van der Waals surface area contributed by atoms with Crippen LogP contribution < -0.4 is 4.85 Å². The molecule has 0 aliphatic rings. The molecule has 0 aliphatic heterocycles. The lowest BCUT2D eigenvalue weighted by Gasteiger charge is -2.02. The first-order valence-corrected chi connectivity index (χ1v) is 10.7. The van der Waals surface area contributed by atoms with Crippen molar-refractivity contribution in [1.82, 2.24) is 9.90 Å². The van der Waals surface area contributed by atoms with Crippen LogP contribution in [0.4, 0.5) is 0 Å². The zero-order valence-electron chi connectivity index (χ0n) is 17.6. The number of aryl methyl sites for hydroxylation is 2. The van der Waals surface area contributed by atoms with Crippen LogP contribution in [0.2, 0.25) is 0 Å². The van der Waals surface area contributed by atoms with Gasteiger partial charge in [0.25, 0.3) is 0 Å². The van der Waals surface area contributed by atoms with E-state index >= 15 is 0 Å². The number of furan rings is 1. The number of unbranched alkanes of at least 4 members (excludes halogenated alkanes) is 5. The van der Waals surface area contributed by atoms with E-state index in [1.807, 2.05) is 13.0 Å². The van der Waals surface area contributed by atoms with Gasteiger partial charge in [-0.2, -0.15) is 0 Å². The molecule has 0 fully saturated rings. The first kappa shape index (κ1) is 20.1. The summed E-state index contributed by atoms with van der Waals surface area (Å²) >= 11 is 0. The van der Waals surface area contributed by atoms with Crippen molar-refractivity contribution in [2.75, 3.05) is 0 Å². The fraction of sp³-hybridized carbons (Fsp3) is 0.375. The van der Waals surface area contributed by atoms with Crippen molar-refractivity contribution in [1.29, 1.82) is 0 Å². The predicted octanol–water partition coefficient (Wildman–Crippen LogP) is 5.32. The summed E-state index contributed by atoms with van der Waals surface area (Å²) in [4.78, 5) is 13.6. The van der Waals surface area contributed by atoms with Gasteiger partial charge in [-0.1, -0.05) is 61.9 Å². The van der Waals surface area contributed by atoms with Gasteiger partial charge < -0.3 is 9.62 Å². The third-order valence-electron chi connectivity index (χ3n) is 5.69. The van der Waals surface area contributed by atoms with Gasteiger partial charge in [0.15, 0.2) is 0 Å². The molecule has 0 amide bonds. The van der Waals surface area contributed by atoms with E-state index in [-0.39, 0.29) is 5.76 Å². The highest BCUT2D eigenvalue weighted by Crippen LogP contribution is 2.28. The molecule has 2 aromatic heterocycles. The third-order valence-corrected chi connectivity index (χ3v) is 5.69. The maximum absolute atomic E-state index is 13.1. The van der Waals surface area contributed by atoms with Crippen LogP contribution >= 0.6 is 0 Å². The number of hydrogen-bond acceptors (Lipinski definition) is 4. The van der Waals surface area contributed by atoms with Crippen molar-refractivity contribution in [2.45, 2.75) is 58.8 Å². The number of carbonyl (C=O) groups excluding carboxylic acids is 1. The summed E-state index contributed by atoms with van der Waals surface area (Å²) < 4.78 is 6.99. The highest BCUT2D eigenvalue weighted by molar-refractivity contribution is 6.02. The molecular formula is C24H27N3O3. The zero-order chi connectivity index (χ0) is 21.1. The van der Waals surface area contributed by atoms with Gasteiger partial charge in [0.1, 0.15) is 10.8 Å². The lowest BCUT2D eigenvalue weighted by atomic mass is 10.0. The molecule has 4 aromatic rings. The number of rotatable bonds is 8. The quantitative estimate of drug-likeness (QED) is 0.226. The monoisotopic (exact) mass is 405 g/mol. The smallest absolute Gasteiger partial charge is 0.402 e. The molecule has 30 heavy (non-hydrogen) atoms. The Kier molecular flexibility index (Phi) is 5.84. The van der Waals surface area contributed by atoms with Gasteiger partial charge in [-0.3, -0.25) is 0 Å². The Morgan fingerprint density at radius 1 is 1.10 bits per heavy atom. The van der Waals surface area contributed by atoms with E-state index in [0.29, 0.717) is 21.5 Å². The second-order valence-electron chi connectivity index (χ2n) is 7.87. The van der Waals surface area contributed by atoms with Crippen LogP contribution in [0.5, 0.6) is 0 Å². The van der Waals surface area contributed by atoms with Crippen LogP contribution in [-0.2, 0) is 6.42 Å². The Labute approximate surface area is 175 Å². The molecule has 0 unspecified atom stereocenters. The highest BCUT2D eigenvalue weighted by atomic mass is 16.5. The van der Waals surface area contributed by atoms with E-state index in [2.05, 4.69) is 24.3 Å². The lowest BCUT2D eigenvalue weighted by Crippen LogP contribution is -2.31. The first-order chi connectivity index (χ1) is 14.6. The minimum absolute atomic E-state index is 0.218. The molecule has 2 heterocycles. The summed E-state index contributed by atoms with van der Waals surface area (Å²) in [6, 6.07) is 13.0. The first-order valence-electron chi connectivity index (χ1n) is 10.7. The fourth-order valence-electron chi connectivity index (χ4n) is 3.97. The summed E-state index contributed by atoms with van der Waals surface area (Å²) in [6.45, 7) is 4.11. The maximum atomic E-state index is 13.1. The Hall–Kier alpha value is -3.15. The molecule has 6 heteroatoms. The second-order valence-corrected chi connectivity index (χ2v) is 7.87. The van der Waals surface area contributed by atoms with Gasteiger partial charge >= 0.3 is 5.91 Å². The van der Waals surface area contributed by atoms with Gasteiger partial charge in [-0.25, -0.2) is 4.79 Å². The normalized spacial score (nSPS) is 11.5. The minimum atomic E-state index is -0.438. The van der Waals surface area contributed by atoms with Crippen molar-refractivity contribution < 1.29 is 14.1 Å². The van der Waals surface area contributed by atoms with Crippen molar-refractivity contribution >= 4 is 27.9 Å². The predicted molar refractivity (Wildman–Crippen MR) is 116 cm³/mol. The molecule has 6 nitrogen and oxygen atoms in total. The van der Waals surface area contributed by atoms with Crippen LogP contribution in [0.25, 0.3) is 22.0 Å². The SMILES string of the molecule is CCCCCCCCc1ccc2oc(C(=O)n3n[n+]([O-])c4ccccc43)c(C)c2c1. The molecular weight excluding hydrogens is 378 g/mol. The summed E-state index contributed by atoms with van der Waals surface area (Å²) in [6.07, 6.45) is 8.62. The third kappa shape index (κ3) is 3.82. The minimum Gasteiger partial charge on any atom is -0.691 e. The summed E-state index contributed by atoms with van der Waals surface area (Å²) in [7, 11) is 0. The average Bonchev–Trinajstić information content (AvgIpc) is 3.28. The fourth-order valence-corrected chi connectivity index (χ4v) is 3.97. The van der Waals surface area contributed by atoms with Gasteiger partial charge in [0, 0.05) is 10.9 Å². The maximum Gasteiger partial charge on any atom is 0.402 e. The van der Waals surface area contributed by atoms with Gasteiger partial charge in [0.05, 0.1) is 0 Å². The molecule has 156 valence electrons. The van der Waals surface area contributed by atoms with Crippen LogP contribution in [0, 0.1) is 12.1 Å². The van der Waals surface area contributed by atoms with Crippen LogP contribution in [0.15, 0.2) is 46.9 Å². The number of hydrogen-bond donors (Lipinski definition) is 0. The van der Waals surface area contributed by atoms with E-state index in [0.717, 1.165) is 22.1 Å². The average molecular weight is 405 g/mol. The van der Waals surface area contributed by atoms with Crippen LogP contribution in [0.3, 0.4) is 0 Å². The molecule has 0 spiro atoms. The molecule has 0 N–H and O–H groups in total. The number of para-hydroxylation sites is 2. The van der Waals surface area contributed by atoms with Crippen molar-refractivity contribution in [2.24, 2.45) is 0 Å².